The van der Waals surface area contributed by atoms with Gasteiger partial charge in [-0.15, -0.1) is 0 Å². The molecule has 100 valence electrons. The van der Waals surface area contributed by atoms with Crippen LogP contribution in [-0.4, -0.2) is 20.8 Å². The lowest BCUT2D eigenvalue weighted by Gasteiger charge is -2.21. The second-order valence-corrected chi connectivity index (χ2v) is 5.56. The van der Waals surface area contributed by atoms with E-state index in [4.69, 9.17) is 9.47 Å². The highest BCUT2D eigenvalue weighted by Crippen LogP contribution is 2.48. The van der Waals surface area contributed by atoms with Crippen LogP contribution in [0, 0.1) is 5.92 Å². The molecule has 0 spiro atoms. The van der Waals surface area contributed by atoms with E-state index in [1.807, 2.05) is 6.07 Å². The van der Waals surface area contributed by atoms with E-state index in [0.29, 0.717) is 12.0 Å². The molecule has 2 atom stereocenters. The Balaban J connectivity index is 2.58. The van der Waals surface area contributed by atoms with Crippen molar-refractivity contribution >= 4 is 15.9 Å². The van der Waals surface area contributed by atoms with Gasteiger partial charge < -0.3 is 14.8 Å². The van der Waals surface area contributed by atoms with Crippen LogP contribution >= 0.6 is 15.9 Å². The van der Waals surface area contributed by atoms with Gasteiger partial charge in [0, 0.05) is 16.1 Å². The lowest BCUT2D eigenvalue weighted by atomic mass is 10.0. The summed E-state index contributed by atoms with van der Waals surface area (Å²) in [5.41, 5.74) is 2.59. The molecule has 4 heteroatoms. The Kier molecular flexibility index (Phi) is 4.17. The molecule has 1 aliphatic rings. The van der Waals surface area contributed by atoms with Gasteiger partial charge in [0.25, 0.3) is 0 Å². The van der Waals surface area contributed by atoms with Gasteiger partial charge in [0.1, 0.15) is 0 Å². The van der Waals surface area contributed by atoms with Gasteiger partial charge in [-0.3, -0.25) is 0 Å². The van der Waals surface area contributed by atoms with E-state index < -0.39 is 0 Å². The van der Waals surface area contributed by atoms with E-state index in [9.17, 15) is 0 Å². The first-order chi connectivity index (χ1) is 8.63. The summed E-state index contributed by atoms with van der Waals surface area (Å²) in [4.78, 5) is 0. The standard InChI is InChI=1S/C14H20BrNO2/c1-5-16-13-8(2)6-9-10(15)7-11(17-3)14(18-4)12(9)13/h7-8,13,16H,5-6H2,1-4H3. The van der Waals surface area contributed by atoms with Crippen LogP contribution in [0.3, 0.4) is 0 Å². The van der Waals surface area contributed by atoms with Crippen LogP contribution in [-0.2, 0) is 6.42 Å². The monoisotopic (exact) mass is 313 g/mol. The molecule has 1 N–H and O–H groups in total. The van der Waals surface area contributed by atoms with E-state index in [2.05, 4.69) is 35.1 Å². The Hall–Kier alpha value is -0.740. The lowest BCUT2D eigenvalue weighted by molar-refractivity contribution is 0.342. The summed E-state index contributed by atoms with van der Waals surface area (Å²) in [7, 11) is 3.38. The molecule has 2 unspecified atom stereocenters. The number of ether oxygens (including phenoxy) is 2. The average molecular weight is 314 g/mol. The third-order valence-electron chi connectivity index (χ3n) is 3.59. The van der Waals surface area contributed by atoms with Gasteiger partial charge in [-0.1, -0.05) is 29.8 Å². The maximum Gasteiger partial charge on any atom is 0.165 e. The van der Waals surface area contributed by atoms with Crippen LogP contribution in [0.4, 0.5) is 0 Å². The minimum atomic E-state index is 0.339. The fourth-order valence-electron chi connectivity index (χ4n) is 2.81. The maximum absolute atomic E-state index is 5.57. The number of hydrogen-bond donors (Lipinski definition) is 1. The van der Waals surface area contributed by atoms with Crippen molar-refractivity contribution < 1.29 is 9.47 Å². The van der Waals surface area contributed by atoms with Crippen LogP contribution < -0.4 is 14.8 Å². The summed E-state index contributed by atoms with van der Waals surface area (Å²) in [6, 6.07) is 2.34. The Bertz CT molecular complexity index is 448. The van der Waals surface area contributed by atoms with Crippen molar-refractivity contribution in [2.75, 3.05) is 20.8 Å². The van der Waals surface area contributed by atoms with Crippen LogP contribution in [0.2, 0.25) is 0 Å². The average Bonchev–Trinajstić information content (AvgIpc) is 2.68. The van der Waals surface area contributed by atoms with Crippen molar-refractivity contribution in [2.45, 2.75) is 26.3 Å². The first-order valence-electron chi connectivity index (χ1n) is 6.30. The Morgan fingerprint density at radius 1 is 1.39 bits per heavy atom. The SMILES string of the molecule is CCNC1c2c(c(Br)cc(OC)c2OC)CC1C. The van der Waals surface area contributed by atoms with Crippen molar-refractivity contribution in [2.24, 2.45) is 5.92 Å². The molecule has 1 aromatic rings. The summed E-state index contributed by atoms with van der Waals surface area (Å²) < 4.78 is 12.1. The minimum Gasteiger partial charge on any atom is -0.493 e. The van der Waals surface area contributed by atoms with Crippen molar-refractivity contribution in [3.8, 4) is 11.5 Å². The number of rotatable bonds is 4. The quantitative estimate of drug-likeness (QED) is 0.925. The fourth-order valence-corrected chi connectivity index (χ4v) is 3.40. The largest absolute Gasteiger partial charge is 0.493 e. The van der Waals surface area contributed by atoms with Gasteiger partial charge in [0.2, 0.25) is 0 Å². The fraction of sp³-hybridized carbons (Fsp3) is 0.571. The maximum atomic E-state index is 5.57. The number of benzene rings is 1. The lowest BCUT2D eigenvalue weighted by Crippen LogP contribution is -2.24. The summed E-state index contributed by atoms with van der Waals surface area (Å²) in [6.45, 7) is 5.35. The van der Waals surface area contributed by atoms with Gasteiger partial charge in [0.05, 0.1) is 14.2 Å². The molecular weight excluding hydrogens is 294 g/mol. The zero-order valence-corrected chi connectivity index (χ0v) is 12.9. The highest BCUT2D eigenvalue weighted by Gasteiger charge is 2.34. The number of hydrogen-bond acceptors (Lipinski definition) is 3. The van der Waals surface area contributed by atoms with Gasteiger partial charge in [-0.05, 0) is 30.5 Å². The van der Waals surface area contributed by atoms with Gasteiger partial charge in [0.15, 0.2) is 11.5 Å². The zero-order valence-electron chi connectivity index (χ0n) is 11.3. The van der Waals surface area contributed by atoms with Crippen molar-refractivity contribution in [3.63, 3.8) is 0 Å². The Morgan fingerprint density at radius 3 is 2.67 bits per heavy atom. The van der Waals surface area contributed by atoms with E-state index in [1.165, 1.54) is 11.1 Å². The van der Waals surface area contributed by atoms with E-state index in [1.54, 1.807) is 14.2 Å². The first kappa shape index (κ1) is 13.7. The second kappa shape index (κ2) is 5.49. The number of halogens is 1. The second-order valence-electron chi connectivity index (χ2n) is 4.70. The molecule has 3 nitrogen and oxygen atoms in total. The van der Waals surface area contributed by atoms with Crippen molar-refractivity contribution in [3.05, 3.63) is 21.7 Å². The molecule has 1 aromatic carbocycles. The molecule has 0 saturated heterocycles. The number of methoxy groups -OCH3 is 2. The molecule has 18 heavy (non-hydrogen) atoms. The Morgan fingerprint density at radius 2 is 2.11 bits per heavy atom. The van der Waals surface area contributed by atoms with Gasteiger partial charge in [-0.2, -0.15) is 0 Å². The molecule has 0 fully saturated rings. The molecule has 0 aromatic heterocycles. The molecular formula is C14H20BrNO2. The van der Waals surface area contributed by atoms with Crippen molar-refractivity contribution in [1.29, 1.82) is 0 Å². The van der Waals surface area contributed by atoms with Crippen LogP contribution in [0.5, 0.6) is 11.5 Å². The predicted octanol–water partition coefficient (Wildman–Crippen LogP) is 3.31. The van der Waals surface area contributed by atoms with Crippen molar-refractivity contribution in [1.82, 2.24) is 5.32 Å². The van der Waals surface area contributed by atoms with Gasteiger partial charge in [-0.25, -0.2) is 0 Å². The smallest absolute Gasteiger partial charge is 0.165 e. The van der Waals surface area contributed by atoms with E-state index in [0.717, 1.165) is 28.9 Å². The van der Waals surface area contributed by atoms with E-state index >= 15 is 0 Å². The van der Waals surface area contributed by atoms with Crippen LogP contribution in [0.15, 0.2) is 10.5 Å². The molecule has 0 aliphatic heterocycles. The van der Waals surface area contributed by atoms with Gasteiger partial charge >= 0.3 is 0 Å². The molecule has 0 heterocycles. The van der Waals surface area contributed by atoms with E-state index in [-0.39, 0.29) is 0 Å². The number of nitrogens with one attached hydrogen (secondary N) is 1. The third-order valence-corrected chi connectivity index (χ3v) is 4.30. The first-order valence-corrected chi connectivity index (χ1v) is 7.09. The highest BCUT2D eigenvalue weighted by atomic mass is 79.9. The molecule has 1 aliphatic carbocycles. The minimum absolute atomic E-state index is 0.339. The summed E-state index contributed by atoms with van der Waals surface area (Å²) in [5.74, 6) is 2.23. The topological polar surface area (TPSA) is 30.5 Å². The summed E-state index contributed by atoms with van der Waals surface area (Å²) in [6.07, 6.45) is 1.06. The zero-order chi connectivity index (χ0) is 13.3. The summed E-state index contributed by atoms with van der Waals surface area (Å²) >= 11 is 3.65. The van der Waals surface area contributed by atoms with Crippen LogP contribution in [0.25, 0.3) is 0 Å². The Labute approximate surface area is 117 Å². The van der Waals surface area contributed by atoms with Crippen LogP contribution in [0.1, 0.15) is 31.0 Å². The highest BCUT2D eigenvalue weighted by molar-refractivity contribution is 9.10. The third kappa shape index (κ3) is 2.12. The number of fused-ring (bicyclic) bond motifs is 1. The molecule has 0 bridgehead atoms. The molecule has 2 rings (SSSR count). The molecule has 0 radical (unpaired) electrons. The normalized spacial score (nSPS) is 21.8. The predicted molar refractivity (Wildman–Crippen MR) is 76.5 cm³/mol. The summed E-state index contributed by atoms with van der Waals surface area (Å²) in [5, 5.41) is 3.55. The molecule has 0 amide bonds. The molecule has 0 saturated carbocycles.